The first-order valence-electron chi connectivity index (χ1n) is 10.8. The molecule has 0 heterocycles. The molecule has 0 saturated carbocycles. The number of halogens is 1. The fourth-order valence-corrected chi connectivity index (χ4v) is 2.79. The number of aliphatic imine (C=N–C) groups is 1. The predicted molar refractivity (Wildman–Crippen MR) is 136 cm³/mol. The summed E-state index contributed by atoms with van der Waals surface area (Å²) >= 11 is 0. The van der Waals surface area contributed by atoms with E-state index in [4.69, 9.17) is 14.2 Å². The highest BCUT2D eigenvalue weighted by atomic mass is 127. The Hall–Kier alpha value is -1.26. The maximum Gasteiger partial charge on any atom is 0.191 e. The van der Waals surface area contributed by atoms with E-state index in [0.29, 0.717) is 13.2 Å². The van der Waals surface area contributed by atoms with Crippen molar-refractivity contribution >= 4 is 29.9 Å². The minimum atomic E-state index is 0. The second-order valence-corrected chi connectivity index (χ2v) is 6.53. The van der Waals surface area contributed by atoms with Crippen LogP contribution >= 0.6 is 24.0 Å². The summed E-state index contributed by atoms with van der Waals surface area (Å²) in [4.78, 5) is 7.00. The summed E-state index contributed by atoms with van der Waals surface area (Å²) in [5, 5.41) is 6.61. The molecular formula is C22H41IN4O3. The average Bonchev–Trinajstić information content (AvgIpc) is 2.75. The van der Waals surface area contributed by atoms with Gasteiger partial charge in [-0.3, -0.25) is 0 Å². The third-order valence-corrected chi connectivity index (χ3v) is 4.51. The van der Waals surface area contributed by atoms with E-state index in [-0.39, 0.29) is 24.0 Å². The molecule has 0 amide bonds. The fourth-order valence-electron chi connectivity index (χ4n) is 2.79. The van der Waals surface area contributed by atoms with Gasteiger partial charge in [-0.15, -0.1) is 24.0 Å². The first-order valence-corrected chi connectivity index (χ1v) is 10.8. The zero-order valence-electron chi connectivity index (χ0n) is 19.3. The van der Waals surface area contributed by atoms with E-state index in [9.17, 15) is 0 Å². The normalized spacial score (nSPS) is 11.2. The Morgan fingerprint density at radius 1 is 1.03 bits per heavy atom. The van der Waals surface area contributed by atoms with E-state index in [1.165, 1.54) is 0 Å². The monoisotopic (exact) mass is 536 g/mol. The summed E-state index contributed by atoms with van der Waals surface area (Å²) in [7, 11) is 1.67. The molecule has 0 aliphatic heterocycles. The summed E-state index contributed by atoms with van der Waals surface area (Å²) in [5.74, 6) is 2.32. The van der Waals surface area contributed by atoms with E-state index in [2.05, 4.69) is 41.3 Å². The van der Waals surface area contributed by atoms with Gasteiger partial charge < -0.3 is 29.7 Å². The Labute approximate surface area is 200 Å². The first-order chi connectivity index (χ1) is 14.2. The molecule has 2 N–H and O–H groups in total. The smallest absolute Gasteiger partial charge is 0.191 e. The van der Waals surface area contributed by atoms with Crippen LogP contribution in [0.3, 0.4) is 0 Å². The minimum absolute atomic E-state index is 0. The average molecular weight is 536 g/mol. The van der Waals surface area contributed by atoms with Crippen molar-refractivity contribution in [3.63, 3.8) is 0 Å². The Bertz CT molecular complexity index is 584. The van der Waals surface area contributed by atoms with E-state index < -0.39 is 0 Å². The lowest BCUT2D eigenvalue weighted by Gasteiger charge is -2.19. The van der Waals surface area contributed by atoms with E-state index in [1.54, 1.807) is 7.11 Å². The molecule has 0 unspecified atom stereocenters. The molecular weight excluding hydrogens is 495 g/mol. The molecule has 0 aliphatic rings. The third kappa shape index (κ3) is 11.8. The number of benzene rings is 1. The largest absolute Gasteiger partial charge is 0.493 e. The summed E-state index contributed by atoms with van der Waals surface area (Å²) in [6, 6.07) is 6.00. The number of rotatable bonds is 15. The highest BCUT2D eigenvalue weighted by Gasteiger charge is 2.07. The van der Waals surface area contributed by atoms with Gasteiger partial charge in [-0.05, 0) is 51.1 Å². The zero-order chi connectivity index (χ0) is 21.3. The van der Waals surface area contributed by atoms with Crippen molar-refractivity contribution in [3.05, 3.63) is 23.8 Å². The van der Waals surface area contributed by atoms with Crippen molar-refractivity contribution in [2.75, 3.05) is 59.7 Å². The quantitative estimate of drug-likeness (QED) is 0.155. The summed E-state index contributed by atoms with van der Waals surface area (Å²) in [5.41, 5.74) is 1.07. The van der Waals surface area contributed by atoms with Crippen LogP contribution in [-0.4, -0.2) is 70.5 Å². The molecule has 0 saturated heterocycles. The molecule has 174 valence electrons. The van der Waals surface area contributed by atoms with Crippen molar-refractivity contribution in [3.8, 4) is 11.5 Å². The van der Waals surface area contributed by atoms with Crippen LogP contribution in [0.5, 0.6) is 11.5 Å². The lowest BCUT2D eigenvalue weighted by molar-refractivity contribution is 0.145. The topological polar surface area (TPSA) is 67.4 Å². The van der Waals surface area contributed by atoms with Gasteiger partial charge in [-0.2, -0.15) is 0 Å². The molecule has 0 spiro atoms. The molecule has 0 radical (unpaired) electrons. The van der Waals surface area contributed by atoms with Crippen LogP contribution in [0.25, 0.3) is 0 Å². The molecule has 1 aromatic rings. The van der Waals surface area contributed by atoms with Gasteiger partial charge in [0.05, 0.1) is 13.7 Å². The summed E-state index contributed by atoms with van der Waals surface area (Å²) < 4.78 is 16.8. The van der Waals surface area contributed by atoms with Crippen LogP contribution in [0.1, 0.15) is 39.7 Å². The first kappa shape index (κ1) is 28.7. The maximum absolute atomic E-state index is 5.93. The van der Waals surface area contributed by atoms with E-state index in [1.807, 2.05) is 25.1 Å². The zero-order valence-corrected chi connectivity index (χ0v) is 21.7. The molecule has 1 rings (SSSR count). The Kier molecular flexibility index (Phi) is 17.7. The lowest BCUT2D eigenvalue weighted by atomic mass is 10.2. The predicted octanol–water partition coefficient (Wildman–Crippen LogP) is 3.52. The second-order valence-electron chi connectivity index (χ2n) is 6.53. The number of nitrogens with one attached hydrogen (secondary N) is 2. The van der Waals surface area contributed by atoms with Crippen molar-refractivity contribution in [1.29, 1.82) is 0 Å². The Morgan fingerprint density at radius 3 is 2.43 bits per heavy atom. The molecule has 8 heteroatoms. The minimum Gasteiger partial charge on any atom is -0.493 e. The highest BCUT2D eigenvalue weighted by Crippen LogP contribution is 2.28. The van der Waals surface area contributed by atoms with Gasteiger partial charge in [0.15, 0.2) is 17.5 Å². The van der Waals surface area contributed by atoms with Crippen molar-refractivity contribution in [2.45, 2.75) is 40.7 Å². The lowest BCUT2D eigenvalue weighted by Crippen LogP contribution is -2.38. The van der Waals surface area contributed by atoms with Gasteiger partial charge in [-0.25, -0.2) is 4.99 Å². The van der Waals surface area contributed by atoms with Crippen LogP contribution in [0.4, 0.5) is 0 Å². The maximum atomic E-state index is 5.93. The fraction of sp³-hybridized carbons (Fsp3) is 0.682. The van der Waals surface area contributed by atoms with Crippen molar-refractivity contribution in [1.82, 2.24) is 15.5 Å². The number of hydrogen-bond acceptors (Lipinski definition) is 5. The van der Waals surface area contributed by atoms with Gasteiger partial charge in [0.1, 0.15) is 6.61 Å². The number of hydrogen-bond donors (Lipinski definition) is 2. The highest BCUT2D eigenvalue weighted by molar-refractivity contribution is 14.0. The molecule has 7 nitrogen and oxygen atoms in total. The van der Waals surface area contributed by atoms with Gasteiger partial charge in [0.2, 0.25) is 0 Å². The van der Waals surface area contributed by atoms with Crippen LogP contribution in [-0.2, 0) is 11.3 Å². The molecule has 1 aromatic carbocycles. The molecule has 0 atom stereocenters. The van der Waals surface area contributed by atoms with Crippen molar-refractivity contribution in [2.24, 2.45) is 4.99 Å². The van der Waals surface area contributed by atoms with Gasteiger partial charge in [-0.1, -0.05) is 19.9 Å². The molecule has 30 heavy (non-hydrogen) atoms. The van der Waals surface area contributed by atoms with Crippen molar-refractivity contribution < 1.29 is 14.2 Å². The van der Waals surface area contributed by atoms with Crippen LogP contribution in [0, 0.1) is 0 Å². The van der Waals surface area contributed by atoms with Crippen LogP contribution < -0.4 is 20.1 Å². The van der Waals surface area contributed by atoms with Crippen LogP contribution in [0.15, 0.2) is 23.2 Å². The molecule has 0 aromatic heterocycles. The Balaban J connectivity index is 0.00000841. The van der Waals surface area contributed by atoms with E-state index >= 15 is 0 Å². The SMILES string of the molecule is CCNC(=NCc1ccc(OCCN(CC)CC)c(OC)c1)NCCCOCC.I. The van der Waals surface area contributed by atoms with Gasteiger partial charge in [0, 0.05) is 32.8 Å². The number of ether oxygens (including phenoxy) is 3. The number of methoxy groups -OCH3 is 1. The van der Waals surface area contributed by atoms with E-state index in [0.717, 1.165) is 75.4 Å². The number of likely N-dealkylation sites (N-methyl/N-ethyl adjacent to an activating group) is 1. The molecule has 0 bridgehead atoms. The summed E-state index contributed by atoms with van der Waals surface area (Å²) in [6.45, 7) is 15.7. The molecule has 0 aliphatic carbocycles. The number of nitrogens with zero attached hydrogens (tertiary/aromatic N) is 2. The molecule has 0 fully saturated rings. The van der Waals surface area contributed by atoms with Crippen LogP contribution in [0.2, 0.25) is 0 Å². The summed E-state index contributed by atoms with van der Waals surface area (Å²) in [6.07, 6.45) is 0.950. The Morgan fingerprint density at radius 2 is 1.80 bits per heavy atom. The standard InChI is InChI=1S/C22H40N4O3.HI/c1-6-23-22(24-13-10-15-28-9-4)25-18-19-11-12-20(21(17-19)27-5)29-16-14-26(7-2)8-3;/h11-12,17H,6-10,13-16,18H2,1-5H3,(H2,23,24,25);1H. The number of guanidine groups is 1. The second kappa shape index (κ2) is 18.5. The van der Waals surface area contributed by atoms with Gasteiger partial charge in [0.25, 0.3) is 0 Å². The van der Waals surface area contributed by atoms with Gasteiger partial charge >= 0.3 is 0 Å². The third-order valence-electron chi connectivity index (χ3n) is 4.51.